The molecule has 0 unspecified atom stereocenters. The average Bonchev–Trinajstić information content (AvgIpc) is 2.26. The molecule has 0 bridgehead atoms. The maximum atomic E-state index is 5.46. The van der Waals surface area contributed by atoms with Gasteiger partial charge in [-0.15, -0.1) is 0 Å². The average molecular weight is 193 g/mol. The second-order valence-electron chi connectivity index (χ2n) is 3.36. The molecule has 0 aromatic heterocycles. The highest BCUT2D eigenvalue weighted by Crippen LogP contribution is 2.16. The van der Waals surface area contributed by atoms with E-state index in [0.717, 1.165) is 25.2 Å². The van der Waals surface area contributed by atoms with Crippen LogP contribution in [0, 0.1) is 0 Å². The zero-order valence-corrected chi connectivity index (χ0v) is 8.96. The SMILES string of the molecule is CNc1ccc(N(C)CCCN)cc1. The lowest BCUT2D eigenvalue weighted by molar-refractivity contribution is 0.796. The van der Waals surface area contributed by atoms with Gasteiger partial charge in [0.2, 0.25) is 0 Å². The maximum Gasteiger partial charge on any atom is 0.0365 e. The third-order valence-corrected chi connectivity index (χ3v) is 2.29. The van der Waals surface area contributed by atoms with Crippen molar-refractivity contribution in [1.29, 1.82) is 0 Å². The highest BCUT2D eigenvalue weighted by Gasteiger charge is 1.98. The summed E-state index contributed by atoms with van der Waals surface area (Å²) in [6.45, 7) is 1.76. The first-order valence-electron chi connectivity index (χ1n) is 4.97. The molecule has 1 aromatic rings. The summed E-state index contributed by atoms with van der Waals surface area (Å²) >= 11 is 0. The Bertz CT molecular complexity index is 256. The van der Waals surface area contributed by atoms with E-state index in [1.165, 1.54) is 5.69 Å². The fourth-order valence-electron chi connectivity index (χ4n) is 1.34. The lowest BCUT2D eigenvalue weighted by atomic mass is 10.2. The standard InChI is InChI=1S/C11H19N3/c1-13-10-4-6-11(7-5-10)14(2)9-3-8-12/h4-7,13H,3,8-9,12H2,1-2H3. The maximum absolute atomic E-state index is 5.46. The number of nitrogens with two attached hydrogens (primary N) is 1. The fourth-order valence-corrected chi connectivity index (χ4v) is 1.34. The number of anilines is 2. The van der Waals surface area contributed by atoms with Crippen LogP contribution in [0.3, 0.4) is 0 Å². The minimum atomic E-state index is 0.749. The van der Waals surface area contributed by atoms with Gasteiger partial charge in [-0.3, -0.25) is 0 Å². The largest absolute Gasteiger partial charge is 0.388 e. The van der Waals surface area contributed by atoms with Gasteiger partial charge in [0.15, 0.2) is 0 Å². The first-order chi connectivity index (χ1) is 6.77. The molecule has 1 aromatic carbocycles. The molecule has 0 atom stereocenters. The molecule has 14 heavy (non-hydrogen) atoms. The van der Waals surface area contributed by atoms with E-state index in [9.17, 15) is 0 Å². The summed E-state index contributed by atoms with van der Waals surface area (Å²) in [5.74, 6) is 0. The molecule has 1 rings (SSSR count). The first kappa shape index (κ1) is 10.9. The lowest BCUT2D eigenvalue weighted by Crippen LogP contribution is -2.20. The van der Waals surface area contributed by atoms with E-state index >= 15 is 0 Å². The van der Waals surface area contributed by atoms with Crippen molar-refractivity contribution in [1.82, 2.24) is 0 Å². The van der Waals surface area contributed by atoms with E-state index in [2.05, 4.69) is 41.5 Å². The summed E-state index contributed by atoms with van der Waals surface area (Å²) in [4.78, 5) is 2.21. The van der Waals surface area contributed by atoms with Gasteiger partial charge in [0.05, 0.1) is 0 Å². The Labute approximate surface area is 85.9 Å². The van der Waals surface area contributed by atoms with E-state index in [0.29, 0.717) is 0 Å². The van der Waals surface area contributed by atoms with E-state index in [1.807, 2.05) is 7.05 Å². The Morgan fingerprint density at radius 3 is 2.43 bits per heavy atom. The first-order valence-corrected chi connectivity index (χ1v) is 4.97. The Kier molecular flexibility index (Phi) is 4.26. The topological polar surface area (TPSA) is 41.3 Å². The molecular formula is C11H19N3. The summed E-state index contributed by atoms with van der Waals surface area (Å²) in [6.07, 6.45) is 1.03. The number of rotatable bonds is 5. The predicted octanol–water partition coefficient (Wildman–Crippen LogP) is 1.51. The molecule has 78 valence electrons. The Hall–Kier alpha value is -1.22. The van der Waals surface area contributed by atoms with Gasteiger partial charge < -0.3 is 16.0 Å². The van der Waals surface area contributed by atoms with Gasteiger partial charge in [0.25, 0.3) is 0 Å². The number of hydrogen-bond donors (Lipinski definition) is 2. The van der Waals surface area contributed by atoms with Crippen molar-refractivity contribution in [3.8, 4) is 0 Å². The highest BCUT2D eigenvalue weighted by atomic mass is 15.1. The van der Waals surface area contributed by atoms with E-state index in [-0.39, 0.29) is 0 Å². The van der Waals surface area contributed by atoms with Gasteiger partial charge in [-0.2, -0.15) is 0 Å². The summed E-state index contributed by atoms with van der Waals surface area (Å²) in [7, 11) is 4.01. The van der Waals surface area contributed by atoms with Crippen molar-refractivity contribution in [3.63, 3.8) is 0 Å². The summed E-state index contributed by atoms with van der Waals surface area (Å²) in [5.41, 5.74) is 7.84. The molecule has 0 aliphatic rings. The minimum Gasteiger partial charge on any atom is -0.388 e. The van der Waals surface area contributed by atoms with E-state index in [1.54, 1.807) is 0 Å². The quantitative estimate of drug-likeness (QED) is 0.745. The van der Waals surface area contributed by atoms with Crippen LogP contribution < -0.4 is 16.0 Å². The zero-order chi connectivity index (χ0) is 10.4. The zero-order valence-electron chi connectivity index (χ0n) is 8.96. The van der Waals surface area contributed by atoms with Gasteiger partial charge in [-0.25, -0.2) is 0 Å². The third-order valence-electron chi connectivity index (χ3n) is 2.29. The van der Waals surface area contributed by atoms with E-state index < -0.39 is 0 Å². The highest BCUT2D eigenvalue weighted by molar-refractivity contribution is 5.54. The Morgan fingerprint density at radius 1 is 1.29 bits per heavy atom. The molecule has 3 nitrogen and oxygen atoms in total. The van der Waals surface area contributed by atoms with Gasteiger partial charge in [-0.05, 0) is 37.2 Å². The lowest BCUT2D eigenvalue weighted by Gasteiger charge is -2.19. The van der Waals surface area contributed by atoms with Crippen LogP contribution in [-0.2, 0) is 0 Å². The molecule has 0 spiro atoms. The molecule has 3 heteroatoms. The van der Waals surface area contributed by atoms with Gasteiger partial charge in [0, 0.05) is 32.0 Å². The van der Waals surface area contributed by atoms with Gasteiger partial charge in [0.1, 0.15) is 0 Å². The normalized spacial score (nSPS) is 9.93. The molecule has 0 aliphatic heterocycles. The van der Waals surface area contributed by atoms with Crippen LogP contribution in [0.25, 0.3) is 0 Å². The third kappa shape index (κ3) is 2.92. The van der Waals surface area contributed by atoms with Gasteiger partial charge >= 0.3 is 0 Å². The molecule has 0 aliphatic carbocycles. The number of hydrogen-bond acceptors (Lipinski definition) is 3. The molecule has 0 saturated heterocycles. The molecule has 3 N–H and O–H groups in total. The summed E-state index contributed by atoms with van der Waals surface area (Å²) in [6, 6.07) is 8.38. The molecule has 0 radical (unpaired) electrons. The van der Waals surface area contributed by atoms with Crippen LogP contribution in [-0.4, -0.2) is 27.2 Å². The monoisotopic (exact) mass is 193 g/mol. The van der Waals surface area contributed by atoms with Crippen LogP contribution in [0.4, 0.5) is 11.4 Å². The predicted molar refractivity (Wildman–Crippen MR) is 62.9 cm³/mol. The van der Waals surface area contributed by atoms with Crippen LogP contribution >= 0.6 is 0 Å². The number of nitrogens with zero attached hydrogens (tertiary/aromatic N) is 1. The number of nitrogens with one attached hydrogen (secondary N) is 1. The van der Waals surface area contributed by atoms with Crippen LogP contribution in [0.5, 0.6) is 0 Å². The fraction of sp³-hybridized carbons (Fsp3) is 0.455. The second-order valence-corrected chi connectivity index (χ2v) is 3.36. The van der Waals surface area contributed by atoms with Crippen molar-refractivity contribution in [2.45, 2.75) is 6.42 Å². The summed E-state index contributed by atoms with van der Waals surface area (Å²) < 4.78 is 0. The molecule has 0 saturated carbocycles. The molecule has 0 heterocycles. The smallest absolute Gasteiger partial charge is 0.0365 e. The molecular weight excluding hydrogens is 174 g/mol. The van der Waals surface area contributed by atoms with Gasteiger partial charge in [-0.1, -0.05) is 0 Å². The second kappa shape index (κ2) is 5.50. The molecule has 0 amide bonds. The Balaban J connectivity index is 2.57. The Morgan fingerprint density at radius 2 is 1.93 bits per heavy atom. The summed E-state index contributed by atoms with van der Waals surface area (Å²) in [5, 5.41) is 3.10. The van der Waals surface area contributed by atoms with Crippen LogP contribution in [0.1, 0.15) is 6.42 Å². The van der Waals surface area contributed by atoms with Crippen molar-refractivity contribution >= 4 is 11.4 Å². The van der Waals surface area contributed by atoms with Crippen LogP contribution in [0.2, 0.25) is 0 Å². The number of benzene rings is 1. The van der Waals surface area contributed by atoms with Crippen molar-refractivity contribution in [2.24, 2.45) is 5.73 Å². The minimum absolute atomic E-state index is 0.749. The van der Waals surface area contributed by atoms with Crippen molar-refractivity contribution in [2.75, 3.05) is 37.4 Å². The van der Waals surface area contributed by atoms with Crippen molar-refractivity contribution < 1.29 is 0 Å². The van der Waals surface area contributed by atoms with Crippen LogP contribution in [0.15, 0.2) is 24.3 Å². The van der Waals surface area contributed by atoms with E-state index in [4.69, 9.17) is 5.73 Å². The van der Waals surface area contributed by atoms with Crippen molar-refractivity contribution in [3.05, 3.63) is 24.3 Å². The molecule has 0 fully saturated rings.